The van der Waals surface area contributed by atoms with E-state index in [9.17, 15) is 9.59 Å². The van der Waals surface area contributed by atoms with E-state index in [0.29, 0.717) is 12.1 Å². The molecule has 1 atom stereocenters. The van der Waals surface area contributed by atoms with Gasteiger partial charge in [0.25, 0.3) is 5.91 Å². The Bertz CT molecular complexity index is 1000. The highest BCUT2D eigenvalue weighted by molar-refractivity contribution is 5.96. The van der Waals surface area contributed by atoms with Crippen LogP contribution in [0.5, 0.6) is 0 Å². The zero-order valence-corrected chi connectivity index (χ0v) is 16.7. The highest BCUT2D eigenvalue weighted by Crippen LogP contribution is 2.20. The molecular weight excluding hydrogens is 356 g/mol. The minimum absolute atomic E-state index is 0.266. The largest absolute Gasteiger partial charge is 0.453 e. The Balaban J connectivity index is 1.48. The van der Waals surface area contributed by atoms with Crippen LogP contribution in [-0.4, -0.2) is 32.7 Å². The topological polar surface area (TPSA) is 89.0 Å². The molecule has 0 aliphatic carbocycles. The van der Waals surface area contributed by atoms with E-state index >= 15 is 0 Å². The quantitative estimate of drug-likeness (QED) is 0.613. The van der Waals surface area contributed by atoms with Gasteiger partial charge in [0.2, 0.25) is 0 Å². The number of benzene rings is 1. The third-order valence-corrected chi connectivity index (χ3v) is 4.94. The number of hydrogen-bond acceptors (Lipinski definition) is 4. The summed E-state index contributed by atoms with van der Waals surface area (Å²) in [7, 11) is 1.81. The van der Waals surface area contributed by atoms with Crippen molar-refractivity contribution in [1.82, 2.24) is 14.8 Å². The molecule has 0 aliphatic heterocycles. The fourth-order valence-electron chi connectivity index (χ4n) is 3.25. The van der Waals surface area contributed by atoms with Crippen LogP contribution in [0.15, 0.2) is 30.5 Å². The Morgan fingerprint density at radius 1 is 1.29 bits per heavy atom. The maximum Gasteiger partial charge on any atom is 0.306 e. The van der Waals surface area contributed by atoms with E-state index in [0.717, 1.165) is 23.3 Å². The van der Waals surface area contributed by atoms with Crippen molar-refractivity contribution in [3.8, 4) is 0 Å². The van der Waals surface area contributed by atoms with Gasteiger partial charge in [0.05, 0.1) is 17.1 Å². The Morgan fingerprint density at radius 2 is 2.04 bits per heavy atom. The van der Waals surface area contributed by atoms with Crippen LogP contribution in [-0.2, 0) is 27.8 Å². The van der Waals surface area contributed by atoms with Gasteiger partial charge in [0.15, 0.2) is 6.10 Å². The Labute approximate surface area is 164 Å². The third kappa shape index (κ3) is 4.24. The number of aromatic nitrogens is 3. The highest BCUT2D eigenvalue weighted by atomic mass is 16.5. The zero-order chi connectivity index (χ0) is 20.3. The van der Waals surface area contributed by atoms with Crippen LogP contribution < -0.4 is 5.32 Å². The lowest BCUT2D eigenvalue weighted by Gasteiger charge is -2.13. The van der Waals surface area contributed by atoms with Crippen molar-refractivity contribution >= 4 is 28.5 Å². The van der Waals surface area contributed by atoms with E-state index in [1.807, 2.05) is 45.3 Å². The molecule has 1 aromatic carbocycles. The number of amides is 1. The Hall–Kier alpha value is -3.09. The van der Waals surface area contributed by atoms with Crippen molar-refractivity contribution < 1.29 is 14.3 Å². The van der Waals surface area contributed by atoms with Crippen molar-refractivity contribution in [1.29, 1.82) is 0 Å². The van der Waals surface area contributed by atoms with E-state index in [1.54, 1.807) is 11.6 Å². The number of esters is 1. The molecule has 1 amide bonds. The van der Waals surface area contributed by atoms with Crippen LogP contribution in [0.4, 0.5) is 5.69 Å². The predicted molar refractivity (Wildman–Crippen MR) is 108 cm³/mol. The van der Waals surface area contributed by atoms with Gasteiger partial charge in [-0.3, -0.25) is 14.3 Å². The van der Waals surface area contributed by atoms with Crippen LogP contribution in [0.2, 0.25) is 0 Å². The number of H-pyrrole nitrogens is 1. The predicted octanol–water partition coefficient (Wildman–Crippen LogP) is 3.41. The standard InChI is InChI=1S/C21H26N4O3/c1-13-20(14(2)25(4)24-13)23-21(27)15(3)28-19(26)11-7-8-16-12-22-18-10-6-5-9-17(16)18/h5-6,9-10,12,15,22H,7-8,11H2,1-4H3,(H,23,27)/t15-/m0/s1. The number of fused-ring (bicyclic) bond motifs is 1. The highest BCUT2D eigenvalue weighted by Gasteiger charge is 2.20. The summed E-state index contributed by atoms with van der Waals surface area (Å²) in [5.41, 5.74) is 4.51. The summed E-state index contributed by atoms with van der Waals surface area (Å²) in [5, 5.41) is 8.23. The molecule has 7 nitrogen and oxygen atoms in total. The molecule has 0 saturated heterocycles. The lowest BCUT2D eigenvalue weighted by Crippen LogP contribution is -2.30. The summed E-state index contributed by atoms with van der Waals surface area (Å²) in [6, 6.07) is 8.08. The number of carbonyl (C=O) groups is 2. The maximum atomic E-state index is 12.3. The lowest BCUT2D eigenvalue weighted by molar-refractivity contribution is -0.153. The molecule has 0 unspecified atom stereocenters. The van der Waals surface area contributed by atoms with Gasteiger partial charge in [-0.1, -0.05) is 18.2 Å². The smallest absolute Gasteiger partial charge is 0.306 e. The second-order valence-electron chi connectivity index (χ2n) is 7.00. The number of para-hydroxylation sites is 1. The lowest BCUT2D eigenvalue weighted by atomic mass is 10.1. The maximum absolute atomic E-state index is 12.3. The van der Waals surface area contributed by atoms with Crippen molar-refractivity contribution in [3.05, 3.63) is 47.4 Å². The summed E-state index contributed by atoms with van der Waals surface area (Å²) >= 11 is 0. The number of nitrogens with one attached hydrogen (secondary N) is 2. The fourth-order valence-corrected chi connectivity index (χ4v) is 3.25. The van der Waals surface area contributed by atoms with Gasteiger partial charge in [-0.25, -0.2) is 0 Å². The van der Waals surface area contributed by atoms with Crippen LogP contribution in [0, 0.1) is 13.8 Å². The average Bonchev–Trinajstić information content (AvgIpc) is 3.17. The monoisotopic (exact) mass is 382 g/mol. The second kappa shape index (κ2) is 8.29. The van der Waals surface area contributed by atoms with Crippen molar-refractivity contribution in [2.24, 2.45) is 7.05 Å². The molecule has 3 rings (SSSR count). The second-order valence-corrected chi connectivity index (χ2v) is 7.00. The molecule has 2 N–H and O–H groups in total. The first kappa shape index (κ1) is 19.7. The van der Waals surface area contributed by atoms with E-state index in [4.69, 9.17) is 4.74 Å². The van der Waals surface area contributed by atoms with Crippen molar-refractivity contribution in [2.75, 3.05) is 5.32 Å². The van der Waals surface area contributed by atoms with Gasteiger partial charge in [0.1, 0.15) is 0 Å². The van der Waals surface area contributed by atoms with Gasteiger partial charge in [-0.05, 0) is 45.2 Å². The third-order valence-electron chi connectivity index (χ3n) is 4.94. The number of anilines is 1. The van der Waals surface area contributed by atoms with Crippen molar-refractivity contribution in [3.63, 3.8) is 0 Å². The van der Waals surface area contributed by atoms with Crippen LogP contribution in [0.25, 0.3) is 10.9 Å². The molecule has 0 aliphatic rings. The van der Waals surface area contributed by atoms with Crippen LogP contribution >= 0.6 is 0 Å². The molecule has 2 aromatic heterocycles. The van der Waals surface area contributed by atoms with E-state index < -0.39 is 6.10 Å². The number of ether oxygens (including phenoxy) is 1. The summed E-state index contributed by atoms with van der Waals surface area (Å²) in [5.74, 6) is -0.730. The van der Waals surface area contributed by atoms with Gasteiger partial charge < -0.3 is 15.0 Å². The fraction of sp³-hybridized carbons (Fsp3) is 0.381. The summed E-state index contributed by atoms with van der Waals surface area (Å²) < 4.78 is 6.99. The average molecular weight is 382 g/mol. The molecule has 0 spiro atoms. The summed E-state index contributed by atoms with van der Waals surface area (Å²) in [6.07, 6.45) is 2.82. The molecule has 0 fully saturated rings. The molecule has 28 heavy (non-hydrogen) atoms. The molecule has 0 saturated carbocycles. The van der Waals surface area contributed by atoms with E-state index in [2.05, 4.69) is 21.5 Å². The number of hydrogen-bond donors (Lipinski definition) is 2. The molecule has 148 valence electrons. The first-order valence-electron chi connectivity index (χ1n) is 9.42. The Morgan fingerprint density at radius 3 is 2.75 bits per heavy atom. The summed E-state index contributed by atoms with van der Waals surface area (Å²) in [6.45, 7) is 5.27. The number of carbonyl (C=O) groups excluding carboxylic acids is 2. The number of aromatic amines is 1. The number of rotatable bonds is 7. The van der Waals surface area contributed by atoms with Crippen LogP contribution in [0.3, 0.4) is 0 Å². The minimum Gasteiger partial charge on any atom is -0.453 e. The molecule has 3 aromatic rings. The van der Waals surface area contributed by atoms with Crippen molar-refractivity contribution in [2.45, 2.75) is 46.1 Å². The molecule has 2 heterocycles. The van der Waals surface area contributed by atoms with Gasteiger partial charge in [-0.2, -0.15) is 5.10 Å². The van der Waals surface area contributed by atoms with Gasteiger partial charge in [0, 0.05) is 30.6 Å². The first-order chi connectivity index (χ1) is 13.4. The molecule has 7 heteroatoms. The Kier molecular flexibility index (Phi) is 5.82. The first-order valence-corrected chi connectivity index (χ1v) is 9.42. The SMILES string of the molecule is Cc1nn(C)c(C)c1NC(=O)[C@H](C)OC(=O)CCCc1c[nH]c2ccccc12. The summed E-state index contributed by atoms with van der Waals surface area (Å²) in [4.78, 5) is 27.7. The van der Waals surface area contributed by atoms with Gasteiger partial charge >= 0.3 is 5.97 Å². The van der Waals surface area contributed by atoms with Gasteiger partial charge in [-0.15, -0.1) is 0 Å². The molecule has 0 bridgehead atoms. The molecule has 0 radical (unpaired) electrons. The zero-order valence-electron chi connectivity index (χ0n) is 16.7. The normalized spacial score (nSPS) is 12.1. The number of nitrogens with zero attached hydrogens (tertiary/aromatic N) is 2. The number of aryl methyl sites for hydroxylation is 3. The van der Waals surface area contributed by atoms with Crippen LogP contribution in [0.1, 0.15) is 36.7 Å². The van der Waals surface area contributed by atoms with E-state index in [1.165, 1.54) is 10.9 Å². The minimum atomic E-state index is -0.861. The molecular formula is C21H26N4O3. The van der Waals surface area contributed by atoms with E-state index in [-0.39, 0.29) is 18.3 Å².